The quantitative estimate of drug-likeness (QED) is 0.700. The molecule has 0 radical (unpaired) electrons. The Morgan fingerprint density at radius 1 is 1.27 bits per heavy atom. The number of hydrogen-bond donors (Lipinski definition) is 1. The standard InChI is InChI=1S/C10H15N/c1-9(7-8-11)10-5-3-2-4-6-10/h2-6,9H,7-8,11H2,1H3/t9-/m0/s1. The molecule has 1 heteroatoms. The van der Waals surface area contributed by atoms with Crippen LogP contribution in [0.15, 0.2) is 30.3 Å². The van der Waals surface area contributed by atoms with Crippen molar-refractivity contribution in [2.24, 2.45) is 5.73 Å². The number of benzene rings is 1. The van der Waals surface area contributed by atoms with Gasteiger partial charge in [-0.25, -0.2) is 0 Å². The maximum absolute atomic E-state index is 5.47. The zero-order chi connectivity index (χ0) is 8.10. The fourth-order valence-corrected chi connectivity index (χ4v) is 1.20. The second-order valence-electron chi connectivity index (χ2n) is 2.89. The molecule has 1 atom stereocenters. The van der Waals surface area contributed by atoms with Gasteiger partial charge < -0.3 is 5.73 Å². The molecule has 1 rings (SSSR count). The van der Waals surface area contributed by atoms with Crippen molar-refractivity contribution in [3.8, 4) is 0 Å². The predicted molar refractivity (Wildman–Crippen MR) is 48.5 cm³/mol. The summed E-state index contributed by atoms with van der Waals surface area (Å²) in [7, 11) is 0. The summed E-state index contributed by atoms with van der Waals surface area (Å²) in [5.74, 6) is 0.598. The molecule has 0 saturated heterocycles. The van der Waals surface area contributed by atoms with Crippen LogP contribution < -0.4 is 5.73 Å². The molecule has 0 fully saturated rings. The zero-order valence-electron chi connectivity index (χ0n) is 6.96. The van der Waals surface area contributed by atoms with Gasteiger partial charge in [0, 0.05) is 0 Å². The minimum atomic E-state index is 0.598. The Balaban J connectivity index is 2.61. The highest BCUT2D eigenvalue weighted by Crippen LogP contribution is 2.16. The second kappa shape index (κ2) is 4.14. The van der Waals surface area contributed by atoms with Gasteiger partial charge in [0.2, 0.25) is 0 Å². The van der Waals surface area contributed by atoms with Crippen LogP contribution in [0.5, 0.6) is 0 Å². The Bertz CT molecular complexity index is 193. The average Bonchev–Trinajstić information content (AvgIpc) is 2.07. The molecule has 0 aliphatic heterocycles. The monoisotopic (exact) mass is 149 g/mol. The topological polar surface area (TPSA) is 26.0 Å². The van der Waals surface area contributed by atoms with Gasteiger partial charge in [-0.2, -0.15) is 0 Å². The molecule has 1 nitrogen and oxygen atoms in total. The van der Waals surface area contributed by atoms with E-state index < -0.39 is 0 Å². The highest BCUT2D eigenvalue weighted by atomic mass is 14.5. The van der Waals surface area contributed by atoms with Crippen LogP contribution in [-0.4, -0.2) is 6.54 Å². The van der Waals surface area contributed by atoms with Crippen molar-refractivity contribution >= 4 is 0 Å². The van der Waals surface area contributed by atoms with Crippen LogP contribution in [0.4, 0.5) is 0 Å². The predicted octanol–water partition coefficient (Wildman–Crippen LogP) is 2.14. The average molecular weight is 149 g/mol. The molecule has 1 aromatic rings. The summed E-state index contributed by atoms with van der Waals surface area (Å²) in [6, 6.07) is 10.5. The Labute approximate surface area is 68.2 Å². The van der Waals surface area contributed by atoms with Gasteiger partial charge in [0.25, 0.3) is 0 Å². The molecule has 60 valence electrons. The van der Waals surface area contributed by atoms with E-state index in [0.29, 0.717) is 5.92 Å². The van der Waals surface area contributed by atoms with Crippen molar-refractivity contribution in [2.45, 2.75) is 19.3 Å². The minimum absolute atomic E-state index is 0.598. The van der Waals surface area contributed by atoms with Crippen molar-refractivity contribution in [1.29, 1.82) is 0 Å². The van der Waals surface area contributed by atoms with Crippen molar-refractivity contribution in [3.63, 3.8) is 0 Å². The van der Waals surface area contributed by atoms with Gasteiger partial charge >= 0.3 is 0 Å². The lowest BCUT2D eigenvalue weighted by Gasteiger charge is -2.08. The Morgan fingerprint density at radius 3 is 2.45 bits per heavy atom. The van der Waals surface area contributed by atoms with Crippen molar-refractivity contribution in [1.82, 2.24) is 0 Å². The largest absolute Gasteiger partial charge is 0.330 e. The molecule has 11 heavy (non-hydrogen) atoms. The van der Waals surface area contributed by atoms with Crippen LogP contribution in [0.3, 0.4) is 0 Å². The van der Waals surface area contributed by atoms with E-state index in [4.69, 9.17) is 5.73 Å². The first kappa shape index (κ1) is 8.28. The summed E-state index contributed by atoms with van der Waals surface area (Å²) in [5.41, 5.74) is 6.85. The molecule has 0 unspecified atom stereocenters. The molecule has 0 spiro atoms. The second-order valence-corrected chi connectivity index (χ2v) is 2.89. The summed E-state index contributed by atoms with van der Waals surface area (Å²) >= 11 is 0. The van der Waals surface area contributed by atoms with Gasteiger partial charge in [-0.15, -0.1) is 0 Å². The van der Waals surface area contributed by atoms with Crippen LogP contribution in [0.2, 0.25) is 0 Å². The van der Waals surface area contributed by atoms with Gasteiger partial charge in [-0.05, 0) is 24.4 Å². The summed E-state index contributed by atoms with van der Waals surface area (Å²) < 4.78 is 0. The Morgan fingerprint density at radius 2 is 1.91 bits per heavy atom. The molecular weight excluding hydrogens is 134 g/mol. The van der Waals surface area contributed by atoms with E-state index in [0.717, 1.165) is 13.0 Å². The number of rotatable bonds is 3. The Kier molecular flexibility index (Phi) is 3.12. The van der Waals surface area contributed by atoms with E-state index in [1.807, 2.05) is 6.07 Å². The van der Waals surface area contributed by atoms with E-state index in [2.05, 4.69) is 31.2 Å². The maximum atomic E-state index is 5.47. The van der Waals surface area contributed by atoms with Crippen LogP contribution >= 0.6 is 0 Å². The third-order valence-electron chi connectivity index (χ3n) is 1.97. The summed E-state index contributed by atoms with van der Waals surface area (Å²) in [5, 5.41) is 0. The Hall–Kier alpha value is -0.820. The van der Waals surface area contributed by atoms with Crippen LogP contribution in [0.1, 0.15) is 24.8 Å². The lowest BCUT2D eigenvalue weighted by molar-refractivity contribution is 0.690. The summed E-state index contributed by atoms with van der Waals surface area (Å²) in [4.78, 5) is 0. The molecule has 0 saturated carbocycles. The summed E-state index contributed by atoms with van der Waals surface area (Å²) in [6.07, 6.45) is 1.07. The molecule has 0 bridgehead atoms. The third-order valence-corrected chi connectivity index (χ3v) is 1.97. The van der Waals surface area contributed by atoms with E-state index in [1.165, 1.54) is 5.56 Å². The SMILES string of the molecule is C[C@@H](CCN)c1ccccc1. The first-order valence-corrected chi connectivity index (χ1v) is 4.09. The van der Waals surface area contributed by atoms with Crippen LogP contribution in [-0.2, 0) is 0 Å². The first-order valence-electron chi connectivity index (χ1n) is 4.09. The molecule has 0 amide bonds. The maximum Gasteiger partial charge on any atom is -0.00715 e. The molecule has 0 aromatic heterocycles. The van der Waals surface area contributed by atoms with Crippen LogP contribution in [0.25, 0.3) is 0 Å². The fourth-order valence-electron chi connectivity index (χ4n) is 1.20. The highest BCUT2D eigenvalue weighted by molar-refractivity contribution is 5.18. The minimum Gasteiger partial charge on any atom is -0.330 e. The molecule has 2 N–H and O–H groups in total. The van der Waals surface area contributed by atoms with Crippen molar-refractivity contribution < 1.29 is 0 Å². The normalized spacial score (nSPS) is 12.9. The zero-order valence-corrected chi connectivity index (χ0v) is 6.96. The van der Waals surface area contributed by atoms with Gasteiger partial charge in [-0.3, -0.25) is 0 Å². The highest BCUT2D eigenvalue weighted by Gasteiger charge is 2.01. The van der Waals surface area contributed by atoms with Gasteiger partial charge in [0.1, 0.15) is 0 Å². The number of nitrogens with two attached hydrogens (primary N) is 1. The van der Waals surface area contributed by atoms with Gasteiger partial charge in [0.15, 0.2) is 0 Å². The molecule has 0 heterocycles. The lowest BCUT2D eigenvalue weighted by Crippen LogP contribution is -2.04. The summed E-state index contributed by atoms with van der Waals surface area (Å²) in [6.45, 7) is 2.98. The number of hydrogen-bond acceptors (Lipinski definition) is 1. The van der Waals surface area contributed by atoms with Crippen molar-refractivity contribution in [2.75, 3.05) is 6.54 Å². The van der Waals surface area contributed by atoms with Crippen molar-refractivity contribution in [3.05, 3.63) is 35.9 Å². The van der Waals surface area contributed by atoms with E-state index in [-0.39, 0.29) is 0 Å². The van der Waals surface area contributed by atoms with Crippen LogP contribution in [0, 0.1) is 0 Å². The third kappa shape index (κ3) is 2.35. The molecule has 1 aromatic carbocycles. The van der Waals surface area contributed by atoms with E-state index >= 15 is 0 Å². The van der Waals surface area contributed by atoms with E-state index in [1.54, 1.807) is 0 Å². The molecular formula is C10H15N. The van der Waals surface area contributed by atoms with Gasteiger partial charge in [0.05, 0.1) is 0 Å². The smallest absolute Gasteiger partial charge is 0.00715 e. The fraction of sp³-hybridized carbons (Fsp3) is 0.400. The lowest BCUT2D eigenvalue weighted by atomic mass is 9.98. The van der Waals surface area contributed by atoms with Gasteiger partial charge in [-0.1, -0.05) is 37.3 Å². The molecule has 0 aliphatic rings. The molecule has 0 aliphatic carbocycles. The first-order chi connectivity index (χ1) is 5.34. The van der Waals surface area contributed by atoms with E-state index in [9.17, 15) is 0 Å².